The van der Waals surface area contributed by atoms with Crippen LogP contribution in [0, 0.1) is 6.92 Å². The predicted molar refractivity (Wildman–Crippen MR) is 65.0 cm³/mol. The summed E-state index contributed by atoms with van der Waals surface area (Å²) in [6.45, 7) is 2.79. The highest BCUT2D eigenvalue weighted by Crippen LogP contribution is 2.22. The quantitative estimate of drug-likeness (QED) is 0.594. The van der Waals surface area contributed by atoms with Gasteiger partial charge in [-0.2, -0.15) is 0 Å². The summed E-state index contributed by atoms with van der Waals surface area (Å²) in [4.78, 5) is 8.48. The molecule has 5 nitrogen and oxygen atoms in total. The first kappa shape index (κ1) is 12.4. The van der Waals surface area contributed by atoms with E-state index in [0.29, 0.717) is 6.10 Å². The van der Waals surface area contributed by atoms with E-state index in [2.05, 4.69) is 15.4 Å². The van der Waals surface area contributed by atoms with E-state index in [1.54, 1.807) is 6.20 Å². The molecule has 0 spiro atoms. The molecule has 1 fully saturated rings. The molecular formula is C12H20N4O. The summed E-state index contributed by atoms with van der Waals surface area (Å²) in [6, 6.07) is 1.99. The first-order chi connectivity index (χ1) is 8.29. The van der Waals surface area contributed by atoms with E-state index in [1.165, 1.54) is 12.8 Å². The molecule has 0 radical (unpaired) electrons. The second kappa shape index (κ2) is 6.05. The number of hydrogen-bond acceptors (Lipinski definition) is 5. The number of hydrogen-bond donors (Lipinski definition) is 2. The molecule has 17 heavy (non-hydrogen) atoms. The van der Waals surface area contributed by atoms with Crippen LogP contribution < -0.4 is 11.3 Å². The fourth-order valence-corrected chi connectivity index (χ4v) is 2.21. The van der Waals surface area contributed by atoms with Gasteiger partial charge in [-0.3, -0.25) is 11.3 Å². The van der Waals surface area contributed by atoms with Crippen molar-refractivity contribution < 1.29 is 4.74 Å². The van der Waals surface area contributed by atoms with Crippen molar-refractivity contribution in [2.45, 2.75) is 44.8 Å². The highest BCUT2D eigenvalue weighted by atomic mass is 16.5. The van der Waals surface area contributed by atoms with Gasteiger partial charge >= 0.3 is 0 Å². The van der Waals surface area contributed by atoms with Crippen molar-refractivity contribution in [3.05, 3.63) is 23.8 Å². The molecule has 94 valence electrons. The maximum absolute atomic E-state index is 5.61. The minimum absolute atomic E-state index is 0.0842. The van der Waals surface area contributed by atoms with Crippen LogP contribution >= 0.6 is 0 Å². The summed E-state index contributed by atoms with van der Waals surface area (Å²) >= 11 is 0. The second-order valence-electron chi connectivity index (χ2n) is 4.46. The van der Waals surface area contributed by atoms with Crippen LogP contribution in [0.5, 0.6) is 0 Å². The Kier molecular flexibility index (Phi) is 4.42. The highest BCUT2D eigenvalue weighted by molar-refractivity contribution is 5.07. The molecule has 0 saturated carbocycles. The molecule has 1 aromatic heterocycles. The van der Waals surface area contributed by atoms with E-state index in [0.717, 1.165) is 31.0 Å². The number of nitrogens with one attached hydrogen (secondary N) is 1. The number of hydrazine groups is 1. The maximum atomic E-state index is 5.61. The number of rotatable bonds is 5. The number of aryl methyl sites for hydroxylation is 1. The molecule has 0 aromatic carbocycles. The van der Waals surface area contributed by atoms with Crippen LogP contribution in [0.4, 0.5) is 0 Å². The van der Waals surface area contributed by atoms with Crippen LogP contribution in [0.1, 0.15) is 43.2 Å². The molecule has 5 heteroatoms. The van der Waals surface area contributed by atoms with Gasteiger partial charge in [0, 0.05) is 12.8 Å². The summed E-state index contributed by atoms with van der Waals surface area (Å²) in [5.74, 6) is 6.37. The fraction of sp³-hybridized carbons (Fsp3) is 0.667. The molecule has 3 N–H and O–H groups in total. The van der Waals surface area contributed by atoms with Gasteiger partial charge < -0.3 is 4.74 Å². The van der Waals surface area contributed by atoms with Crippen LogP contribution in [0.25, 0.3) is 0 Å². The van der Waals surface area contributed by atoms with Crippen molar-refractivity contribution in [1.29, 1.82) is 0 Å². The lowest BCUT2D eigenvalue weighted by molar-refractivity contribution is 0.0994. The van der Waals surface area contributed by atoms with Gasteiger partial charge in [-0.25, -0.2) is 9.97 Å². The van der Waals surface area contributed by atoms with Gasteiger partial charge in [0.1, 0.15) is 5.82 Å². The van der Waals surface area contributed by atoms with E-state index in [9.17, 15) is 0 Å². The third-order valence-electron chi connectivity index (χ3n) is 3.16. The number of nitrogens with two attached hydrogens (primary N) is 1. The average molecular weight is 236 g/mol. The molecule has 2 rings (SSSR count). The first-order valence-corrected chi connectivity index (χ1v) is 6.17. The molecule has 2 atom stereocenters. The van der Waals surface area contributed by atoms with Crippen LogP contribution in [0.15, 0.2) is 12.3 Å². The van der Waals surface area contributed by atoms with Gasteiger partial charge in [0.2, 0.25) is 0 Å². The molecule has 1 aliphatic rings. The summed E-state index contributed by atoms with van der Waals surface area (Å²) in [5, 5.41) is 0. The zero-order chi connectivity index (χ0) is 12.1. The lowest BCUT2D eigenvalue weighted by atomic mass is 10.0. The van der Waals surface area contributed by atoms with E-state index < -0.39 is 0 Å². The van der Waals surface area contributed by atoms with E-state index in [4.69, 9.17) is 10.6 Å². The average Bonchev–Trinajstić information content (AvgIpc) is 2.83. The smallest absolute Gasteiger partial charge is 0.125 e. The van der Waals surface area contributed by atoms with Crippen molar-refractivity contribution in [3.8, 4) is 0 Å². The standard InChI is InChI=1S/C12H20N4O/c1-9-14-7-6-11(15-9)12(16-13)5-4-10-3-2-8-17-10/h6-7,10,12,16H,2-5,8,13H2,1H3. The summed E-state index contributed by atoms with van der Waals surface area (Å²) in [7, 11) is 0. The summed E-state index contributed by atoms with van der Waals surface area (Å²) < 4.78 is 5.61. The SMILES string of the molecule is Cc1nccc(C(CCC2CCCO2)NN)n1. The minimum atomic E-state index is 0.0842. The van der Waals surface area contributed by atoms with E-state index in [1.807, 2.05) is 13.0 Å². The van der Waals surface area contributed by atoms with Crippen LogP contribution in [0.2, 0.25) is 0 Å². The predicted octanol–water partition coefficient (Wildman–Crippen LogP) is 1.25. The summed E-state index contributed by atoms with van der Waals surface area (Å²) in [6.07, 6.45) is 6.48. The molecule has 0 aliphatic carbocycles. The Balaban J connectivity index is 1.91. The molecule has 1 aliphatic heterocycles. The maximum Gasteiger partial charge on any atom is 0.125 e. The van der Waals surface area contributed by atoms with Crippen molar-refractivity contribution in [2.75, 3.05) is 6.61 Å². The molecule has 2 heterocycles. The van der Waals surface area contributed by atoms with Crippen molar-refractivity contribution in [2.24, 2.45) is 5.84 Å². The molecule has 1 saturated heterocycles. The lowest BCUT2D eigenvalue weighted by Gasteiger charge is -2.17. The van der Waals surface area contributed by atoms with Crippen molar-refractivity contribution in [3.63, 3.8) is 0 Å². The molecular weight excluding hydrogens is 216 g/mol. The zero-order valence-corrected chi connectivity index (χ0v) is 10.2. The Hall–Kier alpha value is -1.04. The Morgan fingerprint density at radius 1 is 1.65 bits per heavy atom. The Labute approximate surface area is 102 Å². The first-order valence-electron chi connectivity index (χ1n) is 6.17. The van der Waals surface area contributed by atoms with Gasteiger partial charge in [-0.05, 0) is 38.7 Å². The number of nitrogens with zero attached hydrogens (tertiary/aromatic N) is 2. The van der Waals surface area contributed by atoms with Crippen LogP contribution in [-0.4, -0.2) is 22.7 Å². The van der Waals surface area contributed by atoms with Gasteiger partial charge in [0.15, 0.2) is 0 Å². The minimum Gasteiger partial charge on any atom is -0.378 e. The third kappa shape index (κ3) is 3.46. The molecule has 0 amide bonds. The largest absolute Gasteiger partial charge is 0.378 e. The fourth-order valence-electron chi connectivity index (χ4n) is 2.21. The van der Waals surface area contributed by atoms with Crippen molar-refractivity contribution >= 4 is 0 Å². The Morgan fingerprint density at radius 2 is 2.53 bits per heavy atom. The second-order valence-corrected chi connectivity index (χ2v) is 4.46. The van der Waals surface area contributed by atoms with Crippen LogP contribution in [-0.2, 0) is 4.74 Å². The van der Waals surface area contributed by atoms with Gasteiger partial charge in [0.05, 0.1) is 17.8 Å². The van der Waals surface area contributed by atoms with Gasteiger partial charge in [-0.1, -0.05) is 0 Å². The topological polar surface area (TPSA) is 73.1 Å². The zero-order valence-electron chi connectivity index (χ0n) is 10.2. The van der Waals surface area contributed by atoms with Crippen LogP contribution in [0.3, 0.4) is 0 Å². The normalized spacial score (nSPS) is 21.6. The van der Waals surface area contributed by atoms with E-state index >= 15 is 0 Å². The summed E-state index contributed by atoms with van der Waals surface area (Å²) in [5.41, 5.74) is 3.78. The van der Waals surface area contributed by atoms with Gasteiger partial charge in [0.25, 0.3) is 0 Å². The highest BCUT2D eigenvalue weighted by Gasteiger charge is 2.19. The molecule has 1 aromatic rings. The Bertz CT molecular complexity index is 352. The van der Waals surface area contributed by atoms with Crippen molar-refractivity contribution in [1.82, 2.24) is 15.4 Å². The number of ether oxygens (including phenoxy) is 1. The van der Waals surface area contributed by atoms with E-state index in [-0.39, 0.29) is 6.04 Å². The molecule has 2 unspecified atom stereocenters. The monoisotopic (exact) mass is 236 g/mol. The molecule has 0 bridgehead atoms. The Morgan fingerprint density at radius 3 is 3.18 bits per heavy atom. The lowest BCUT2D eigenvalue weighted by Crippen LogP contribution is -2.29. The number of aromatic nitrogens is 2. The van der Waals surface area contributed by atoms with Gasteiger partial charge in [-0.15, -0.1) is 0 Å². The third-order valence-corrected chi connectivity index (χ3v) is 3.16.